The van der Waals surface area contributed by atoms with Crippen LogP contribution in [0.3, 0.4) is 0 Å². The number of hydrogen-bond donors (Lipinski definition) is 2. The van der Waals surface area contributed by atoms with Crippen LogP contribution in [0.2, 0.25) is 0 Å². The fraction of sp³-hybridized carbons (Fsp3) is 0.375. The molecule has 4 heterocycles. The van der Waals surface area contributed by atoms with Crippen molar-refractivity contribution < 1.29 is 23.5 Å². The van der Waals surface area contributed by atoms with Gasteiger partial charge in [0, 0.05) is 83.1 Å². The minimum Gasteiger partial charge on any atom is -0.486 e. The van der Waals surface area contributed by atoms with Crippen molar-refractivity contribution in [2.75, 3.05) is 38.0 Å². The summed E-state index contributed by atoms with van der Waals surface area (Å²) in [5.74, 6) is 0.818. The molecule has 9 heteroatoms. The molecule has 4 aliphatic rings. The van der Waals surface area contributed by atoms with Crippen molar-refractivity contribution in [3.05, 3.63) is 125 Å². The Hall–Kier alpha value is -4.47. The summed E-state index contributed by atoms with van der Waals surface area (Å²) >= 11 is 0. The molecule has 0 amide bonds. The molecule has 7 nitrogen and oxygen atoms in total. The first kappa shape index (κ1) is 33.0. The monoisotopic (exact) mass is 666 g/mol. The van der Waals surface area contributed by atoms with E-state index in [1.165, 1.54) is 35.4 Å². The zero-order chi connectivity index (χ0) is 33.7. The number of anilines is 1. The molecule has 0 unspecified atom stereocenters. The van der Waals surface area contributed by atoms with Crippen LogP contribution < -0.4 is 14.8 Å². The van der Waals surface area contributed by atoms with Gasteiger partial charge in [-0.3, -0.25) is 9.80 Å². The Balaban J connectivity index is 0.000000154. The van der Waals surface area contributed by atoms with E-state index >= 15 is 0 Å². The van der Waals surface area contributed by atoms with Crippen LogP contribution in [0.25, 0.3) is 0 Å². The number of halogens is 2. The van der Waals surface area contributed by atoms with Crippen molar-refractivity contribution in [1.82, 2.24) is 9.80 Å². The molecule has 4 aromatic rings. The minimum absolute atomic E-state index is 0.122. The lowest BCUT2D eigenvalue weighted by molar-refractivity contribution is -0.00190. The van der Waals surface area contributed by atoms with Crippen molar-refractivity contribution in [3.8, 4) is 11.5 Å². The van der Waals surface area contributed by atoms with Gasteiger partial charge in [0.25, 0.3) is 0 Å². The summed E-state index contributed by atoms with van der Waals surface area (Å²) in [6.45, 7) is 6.66. The number of benzene rings is 4. The molecule has 49 heavy (non-hydrogen) atoms. The van der Waals surface area contributed by atoms with Gasteiger partial charge in [-0.2, -0.15) is 0 Å². The van der Waals surface area contributed by atoms with Crippen LogP contribution in [0, 0.1) is 11.6 Å². The van der Waals surface area contributed by atoms with Crippen LogP contribution in [0.15, 0.2) is 102 Å². The smallest absolute Gasteiger partial charge is 0.143 e. The van der Waals surface area contributed by atoms with Gasteiger partial charge in [0.2, 0.25) is 0 Å². The second-order valence-electron chi connectivity index (χ2n) is 13.8. The number of nitrogens with zero attached hydrogens (tertiary/aromatic N) is 3. The summed E-state index contributed by atoms with van der Waals surface area (Å²) in [6.07, 6.45) is 5.21. The van der Waals surface area contributed by atoms with E-state index < -0.39 is 0 Å². The molecule has 0 aliphatic carbocycles. The molecule has 2 fully saturated rings. The second-order valence-corrected chi connectivity index (χ2v) is 13.8. The Bertz CT molecular complexity index is 1740. The van der Waals surface area contributed by atoms with E-state index in [-0.39, 0.29) is 22.8 Å². The van der Waals surface area contributed by atoms with E-state index in [2.05, 4.69) is 74.9 Å². The van der Waals surface area contributed by atoms with Crippen LogP contribution in [0.1, 0.15) is 55.2 Å². The van der Waals surface area contributed by atoms with Gasteiger partial charge in [-0.15, -0.1) is 0 Å². The van der Waals surface area contributed by atoms with Crippen LogP contribution >= 0.6 is 0 Å². The number of rotatable bonds is 4. The van der Waals surface area contributed by atoms with Crippen molar-refractivity contribution >= 4 is 11.4 Å². The first-order valence-electron chi connectivity index (χ1n) is 17.3. The first-order valence-corrected chi connectivity index (χ1v) is 17.3. The molecule has 0 aromatic heterocycles. The van der Waals surface area contributed by atoms with Gasteiger partial charge in [-0.05, 0) is 54.3 Å². The average Bonchev–Trinajstić information content (AvgIpc) is 3.30. The zero-order valence-electron chi connectivity index (χ0n) is 27.8. The summed E-state index contributed by atoms with van der Waals surface area (Å²) in [5.41, 5.74) is 4.03. The van der Waals surface area contributed by atoms with E-state index in [1.54, 1.807) is 12.1 Å². The number of likely N-dealkylation sites (tertiary alicyclic amines) is 2. The Morgan fingerprint density at radius 1 is 0.653 bits per heavy atom. The largest absolute Gasteiger partial charge is 0.486 e. The fourth-order valence-electron chi connectivity index (χ4n) is 7.57. The van der Waals surface area contributed by atoms with E-state index in [0.717, 1.165) is 89.4 Å². The Labute approximate surface area is 287 Å². The highest BCUT2D eigenvalue weighted by Crippen LogP contribution is 2.41. The molecule has 0 bridgehead atoms. The maximum absolute atomic E-state index is 13.5. The highest BCUT2D eigenvalue weighted by atomic mass is 19.1. The van der Waals surface area contributed by atoms with Crippen molar-refractivity contribution in [2.45, 2.75) is 62.8 Å². The molecular formula is C40H44F2N4O3. The fourth-order valence-corrected chi connectivity index (χ4v) is 7.57. The van der Waals surface area contributed by atoms with Gasteiger partial charge in [0.05, 0.1) is 11.4 Å². The number of piperidine rings is 2. The van der Waals surface area contributed by atoms with Gasteiger partial charge in [0.15, 0.2) is 0 Å². The van der Waals surface area contributed by atoms with Crippen LogP contribution in [-0.2, 0) is 13.1 Å². The summed E-state index contributed by atoms with van der Waals surface area (Å²) < 4.78 is 39.6. The minimum atomic E-state index is -0.362. The Kier molecular flexibility index (Phi) is 9.82. The average molecular weight is 667 g/mol. The summed E-state index contributed by atoms with van der Waals surface area (Å²) in [4.78, 5) is 4.91. The van der Waals surface area contributed by atoms with Gasteiger partial charge in [0.1, 0.15) is 34.3 Å². The Morgan fingerprint density at radius 3 is 1.78 bits per heavy atom. The molecule has 2 saturated heterocycles. The predicted molar refractivity (Wildman–Crippen MR) is 187 cm³/mol. The number of oxime groups is 1. The van der Waals surface area contributed by atoms with Crippen molar-refractivity contribution in [1.29, 1.82) is 0 Å². The van der Waals surface area contributed by atoms with Gasteiger partial charge in [-0.25, -0.2) is 8.78 Å². The molecular weight excluding hydrogens is 622 g/mol. The van der Waals surface area contributed by atoms with E-state index in [1.807, 2.05) is 6.07 Å². The second kappa shape index (κ2) is 14.6. The van der Waals surface area contributed by atoms with Crippen LogP contribution in [-0.4, -0.2) is 64.6 Å². The third-order valence-corrected chi connectivity index (χ3v) is 10.4. The maximum Gasteiger partial charge on any atom is 0.143 e. The Morgan fingerprint density at radius 2 is 1.18 bits per heavy atom. The topological polar surface area (TPSA) is 69.6 Å². The van der Waals surface area contributed by atoms with Crippen LogP contribution in [0.5, 0.6) is 11.5 Å². The lowest BCUT2D eigenvalue weighted by Gasteiger charge is -2.44. The van der Waals surface area contributed by atoms with Gasteiger partial charge < -0.3 is 20.0 Å². The molecule has 256 valence electrons. The number of ether oxygens (including phenoxy) is 2. The molecule has 4 aromatic carbocycles. The standard InChI is InChI=1S/C20H21FN2O2.C20H23FN2O/c21-16-6-7-19-17(12-16)18(22-24)13-20(25-19)8-10-23(11-9-20)14-15-4-2-1-3-5-15;21-17-6-7-19-18(14-17)22-11-8-20(24-19)9-12-23(13-10-20)15-16-4-2-1-3-5-16/h1-7,12,24H,8-11,13-14H2;1-7,14,22H,8-13,15H2/b22-18-;. The van der Waals surface area contributed by atoms with E-state index in [4.69, 9.17) is 9.47 Å². The predicted octanol–water partition coefficient (Wildman–Crippen LogP) is 7.88. The van der Waals surface area contributed by atoms with Gasteiger partial charge >= 0.3 is 0 Å². The first-order chi connectivity index (χ1) is 23.9. The van der Waals surface area contributed by atoms with Crippen molar-refractivity contribution in [3.63, 3.8) is 0 Å². The van der Waals surface area contributed by atoms with E-state index in [9.17, 15) is 14.0 Å². The highest BCUT2D eigenvalue weighted by molar-refractivity contribution is 6.04. The van der Waals surface area contributed by atoms with Crippen molar-refractivity contribution in [2.24, 2.45) is 5.16 Å². The number of nitrogens with one attached hydrogen (secondary N) is 1. The summed E-state index contributed by atoms with van der Waals surface area (Å²) in [7, 11) is 0. The third-order valence-electron chi connectivity index (χ3n) is 10.4. The maximum atomic E-state index is 13.5. The highest BCUT2D eigenvalue weighted by Gasteiger charge is 2.42. The van der Waals surface area contributed by atoms with Crippen LogP contribution in [0.4, 0.5) is 14.5 Å². The molecule has 0 radical (unpaired) electrons. The lowest BCUT2D eigenvalue weighted by Crippen LogP contribution is -2.50. The SMILES string of the molecule is Fc1ccc2c(c1)NCCC1(CCN(Cc3ccccc3)CC1)O2.O/N=C1/CC2(CCN(Cc3ccccc3)CC2)Oc2ccc(F)cc21. The molecule has 0 saturated carbocycles. The molecule has 4 aliphatic heterocycles. The number of fused-ring (bicyclic) bond motifs is 2. The summed E-state index contributed by atoms with van der Waals surface area (Å²) in [5, 5.41) is 16.1. The molecule has 2 N–H and O–H groups in total. The number of hydrogen-bond acceptors (Lipinski definition) is 7. The third kappa shape index (κ3) is 7.89. The summed E-state index contributed by atoms with van der Waals surface area (Å²) in [6, 6.07) is 30.2. The van der Waals surface area contributed by atoms with E-state index in [0.29, 0.717) is 23.4 Å². The molecule has 0 atom stereocenters. The molecule has 8 rings (SSSR count). The lowest BCUT2D eigenvalue weighted by atomic mass is 9.82. The quantitative estimate of drug-likeness (QED) is 0.171. The normalized spacial score (nSPS) is 20.5. The van der Waals surface area contributed by atoms with Gasteiger partial charge in [-0.1, -0.05) is 65.8 Å². The molecule has 2 spiro atoms. The zero-order valence-corrected chi connectivity index (χ0v) is 27.8.